The summed E-state index contributed by atoms with van der Waals surface area (Å²) in [4.78, 5) is 0. The van der Waals surface area contributed by atoms with E-state index in [9.17, 15) is 4.39 Å². The monoisotopic (exact) mass is 237 g/mol. The van der Waals surface area contributed by atoms with E-state index in [1.807, 2.05) is 6.07 Å². The minimum Gasteiger partial charge on any atom is -0.487 e. The maximum Gasteiger partial charge on any atom is 0.165 e. The summed E-state index contributed by atoms with van der Waals surface area (Å²) in [6.07, 6.45) is 7.18. The van der Waals surface area contributed by atoms with Crippen LogP contribution in [0, 0.1) is 5.82 Å². The van der Waals surface area contributed by atoms with Crippen molar-refractivity contribution in [2.75, 3.05) is 0 Å². The summed E-state index contributed by atoms with van der Waals surface area (Å²) in [5, 5.41) is 0. The molecule has 0 radical (unpaired) electrons. The van der Waals surface area contributed by atoms with E-state index < -0.39 is 0 Å². The third-order valence-electron chi connectivity index (χ3n) is 3.33. The molecule has 2 rings (SSSR count). The van der Waals surface area contributed by atoms with Crippen LogP contribution >= 0.6 is 0 Å². The number of nitrogens with two attached hydrogens (primary N) is 1. The van der Waals surface area contributed by atoms with Crippen molar-refractivity contribution in [1.82, 2.24) is 0 Å². The fraction of sp³-hybridized carbons (Fsp3) is 0.571. The first-order valence-electron chi connectivity index (χ1n) is 6.45. The Morgan fingerprint density at radius 2 is 1.88 bits per heavy atom. The summed E-state index contributed by atoms with van der Waals surface area (Å²) in [5.74, 6) is 0.0753. The predicted molar refractivity (Wildman–Crippen MR) is 66.4 cm³/mol. The van der Waals surface area contributed by atoms with Crippen molar-refractivity contribution < 1.29 is 9.13 Å². The van der Waals surface area contributed by atoms with Gasteiger partial charge in [-0.1, -0.05) is 18.9 Å². The molecule has 3 heteroatoms. The van der Waals surface area contributed by atoms with Crippen LogP contribution in [0.2, 0.25) is 0 Å². The van der Waals surface area contributed by atoms with Gasteiger partial charge in [-0.15, -0.1) is 0 Å². The van der Waals surface area contributed by atoms with E-state index in [1.54, 1.807) is 6.07 Å². The first-order chi connectivity index (χ1) is 8.29. The van der Waals surface area contributed by atoms with E-state index in [0.717, 1.165) is 18.4 Å². The Kier molecular flexibility index (Phi) is 4.37. The van der Waals surface area contributed by atoms with Crippen molar-refractivity contribution >= 4 is 0 Å². The molecule has 0 amide bonds. The lowest BCUT2D eigenvalue weighted by Gasteiger charge is -2.17. The lowest BCUT2D eigenvalue weighted by molar-refractivity contribution is 0.176. The van der Waals surface area contributed by atoms with E-state index in [2.05, 4.69) is 0 Å². The summed E-state index contributed by atoms with van der Waals surface area (Å²) < 4.78 is 19.5. The Balaban J connectivity index is 2.01. The molecule has 0 atom stereocenters. The van der Waals surface area contributed by atoms with Crippen molar-refractivity contribution in [2.45, 2.75) is 51.2 Å². The molecule has 0 aliphatic heterocycles. The van der Waals surface area contributed by atoms with Gasteiger partial charge in [0.25, 0.3) is 0 Å². The number of hydrogen-bond donors (Lipinski definition) is 1. The molecule has 0 unspecified atom stereocenters. The fourth-order valence-electron chi connectivity index (χ4n) is 2.31. The van der Waals surface area contributed by atoms with Gasteiger partial charge in [-0.05, 0) is 43.4 Å². The van der Waals surface area contributed by atoms with Crippen LogP contribution in [0.4, 0.5) is 4.39 Å². The quantitative estimate of drug-likeness (QED) is 0.818. The normalized spacial score (nSPS) is 17.8. The van der Waals surface area contributed by atoms with Gasteiger partial charge in [0.05, 0.1) is 6.10 Å². The number of hydrogen-bond acceptors (Lipinski definition) is 2. The average Bonchev–Trinajstić information content (AvgIpc) is 2.60. The lowest BCUT2D eigenvalue weighted by Crippen LogP contribution is -2.16. The second-order valence-electron chi connectivity index (χ2n) is 4.70. The summed E-state index contributed by atoms with van der Waals surface area (Å²) in [6, 6.07) is 4.99. The van der Waals surface area contributed by atoms with Crippen LogP contribution in [0.3, 0.4) is 0 Å². The molecule has 0 spiro atoms. The second-order valence-corrected chi connectivity index (χ2v) is 4.70. The largest absolute Gasteiger partial charge is 0.487 e. The van der Waals surface area contributed by atoms with E-state index in [1.165, 1.54) is 31.7 Å². The summed E-state index contributed by atoms with van der Waals surface area (Å²) in [6.45, 7) is 0.362. The molecule has 1 aliphatic carbocycles. The van der Waals surface area contributed by atoms with Crippen molar-refractivity contribution in [3.8, 4) is 5.75 Å². The zero-order chi connectivity index (χ0) is 12.1. The maximum atomic E-state index is 13.7. The number of halogens is 1. The van der Waals surface area contributed by atoms with Crippen LogP contribution in [0.5, 0.6) is 5.75 Å². The molecule has 94 valence electrons. The van der Waals surface area contributed by atoms with Gasteiger partial charge in [-0.25, -0.2) is 4.39 Å². The highest BCUT2D eigenvalue weighted by atomic mass is 19.1. The molecular weight excluding hydrogens is 217 g/mol. The van der Waals surface area contributed by atoms with Gasteiger partial charge in [-0.3, -0.25) is 0 Å². The zero-order valence-corrected chi connectivity index (χ0v) is 10.1. The Bertz CT molecular complexity index is 359. The summed E-state index contributed by atoms with van der Waals surface area (Å²) in [7, 11) is 0. The van der Waals surface area contributed by atoms with E-state index >= 15 is 0 Å². The Hall–Kier alpha value is -1.09. The van der Waals surface area contributed by atoms with Crippen molar-refractivity contribution in [3.05, 3.63) is 29.6 Å². The van der Waals surface area contributed by atoms with Gasteiger partial charge in [0.1, 0.15) is 0 Å². The van der Waals surface area contributed by atoms with Crippen molar-refractivity contribution in [1.29, 1.82) is 0 Å². The van der Waals surface area contributed by atoms with Crippen LogP contribution in [-0.4, -0.2) is 6.10 Å². The number of ether oxygens (including phenoxy) is 1. The predicted octanol–water partition coefficient (Wildman–Crippen LogP) is 3.39. The SMILES string of the molecule is NCc1ccc(OC2CCCCCC2)c(F)c1. The molecule has 2 N–H and O–H groups in total. The fourth-order valence-corrected chi connectivity index (χ4v) is 2.31. The maximum absolute atomic E-state index is 13.7. The molecular formula is C14H20FNO. The Morgan fingerprint density at radius 3 is 2.47 bits per heavy atom. The van der Waals surface area contributed by atoms with E-state index in [4.69, 9.17) is 10.5 Å². The summed E-state index contributed by atoms with van der Waals surface area (Å²) in [5.41, 5.74) is 6.27. The molecule has 1 fully saturated rings. The molecule has 0 heterocycles. The van der Waals surface area contributed by atoms with Crippen LogP contribution in [0.25, 0.3) is 0 Å². The van der Waals surface area contributed by atoms with Crippen LogP contribution in [0.15, 0.2) is 18.2 Å². The standard InChI is InChI=1S/C14H20FNO/c15-13-9-11(10-16)7-8-14(13)17-12-5-3-1-2-4-6-12/h7-9,12H,1-6,10,16H2. The molecule has 17 heavy (non-hydrogen) atoms. The topological polar surface area (TPSA) is 35.2 Å². The van der Waals surface area contributed by atoms with Gasteiger partial charge in [-0.2, -0.15) is 0 Å². The van der Waals surface area contributed by atoms with E-state index in [-0.39, 0.29) is 11.9 Å². The van der Waals surface area contributed by atoms with Crippen molar-refractivity contribution in [2.24, 2.45) is 5.73 Å². The lowest BCUT2D eigenvalue weighted by atomic mass is 10.1. The third-order valence-corrected chi connectivity index (χ3v) is 3.33. The first-order valence-corrected chi connectivity index (χ1v) is 6.45. The number of rotatable bonds is 3. The van der Waals surface area contributed by atoms with Crippen LogP contribution in [0.1, 0.15) is 44.1 Å². The number of benzene rings is 1. The van der Waals surface area contributed by atoms with Crippen LogP contribution < -0.4 is 10.5 Å². The van der Waals surface area contributed by atoms with Gasteiger partial charge >= 0.3 is 0 Å². The highest BCUT2D eigenvalue weighted by molar-refractivity contribution is 5.29. The molecule has 1 aromatic rings. The van der Waals surface area contributed by atoms with Gasteiger partial charge < -0.3 is 10.5 Å². The molecule has 1 aliphatic rings. The third kappa shape index (κ3) is 3.43. The van der Waals surface area contributed by atoms with Crippen molar-refractivity contribution in [3.63, 3.8) is 0 Å². The Morgan fingerprint density at radius 1 is 1.18 bits per heavy atom. The minimum absolute atomic E-state index is 0.177. The molecule has 0 aromatic heterocycles. The van der Waals surface area contributed by atoms with Gasteiger partial charge in [0.15, 0.2) is 11.6 Å². The van der Waals surface area contributed by atoms with Gasteiger partial charge in [0.2, 0.25) is 0 Å². The zero-order valence-electron chi connectivity index (χ0n) is 10.1. The Labute approximate surface area is 102 Å². The van der Waals surface area contributed by atoms with E-state index in [0.29, 0.717) is 12.3 Å². The molecule has 1 aromatic carbocycles. The van der Waals surface area contributed by atoms with Gasteiger partial charge in [0, 0.05) is 6.54 Å². The molecule has 0 saturated heterocycles. The summed E-state index contributed by atoms with van der Waals surface area (Å²) >= 11 is 0. The molecule has 2 nitrogen and oxygen atoms in total. The second kappa shape index (κ2) is 6.01. The highest BCUT2D eigenvalue weighted by Crippen LogP contribution is 2.25. The highest BCUT2D eigenvalue weighted by Gasteiger charge is 2.15. The minimum atomic E-state index is -0.294. The first kappa shape index (κ1) is 12.4. The molecule has 0 bridgehead atoms. The smallest absolute Gasteiger partial charge is 0.165 e. The molecule has 1 saturated carbocycles. The van der Waals surface area contributed by atoms with Crippen LogP contribution in [-0.2, 0) is 6.54 Å². The average molecular weight is 237 g/mol.